The van der Waals surface area contributed by atoms with Gasteiger partial charge in [0.15, 0.2) is 0 Å². The summed E-state index contributed by atoms with van der Waals surface area (Å²) < 4.78 is 0. The number of carbonyl (C=O) groups excluding carboxylic acids is 1. The third kappa shape index (κ3) is 3.83. The average molecular weight is 366 g/mol. The van der Waals surface area contributed by atoms with Crippen molar-refractivity contribution in [2.75, 3.05) is 13.7 Å². The minimum absolute atomic E-state index is 0.152. The van der Waals surface area contributed by atoms with Crippen molar-refractivity contribution in [1.82, 2.24) is 10.4 Å². The maximum atomic E-state index is 13.0. The fourth-order valence-electron chi connectivity index (χ4n) is 3.30. The van der Waals surface area contributed by atoms with E-state index in [2.05, 4.69) is 5.16 Å². The van der Waals surface area contributed by atoms with Crippen molar-refractivity contribution >= 4 is 17.5 Å². The third-order valence-corrected chi connectivity index (χ3v) is 4.68. The summed E-state index contributed by atoms with van der Waals surface area (Å²) in [4.78, 5) is 19.3. The van der Waals surface area contributed by atoms with Gasteiger partial charge in [0.2, 0.25) is 0 Å². The Kier molecular flexibility index (Phi) is 5.52. The lowest BCUT2D eigenvalue weighted by molar-refractivity contribution is 0.0766. The first-order valence-electron chi connectivity index (χ1n) is 8.59. The molecule has 1 saturated heterocycles. The van der Waals surface area contributed by atoms with Gasteiger partial charge in [-0.2, -0.15) is 0 Å². The molecule has 1 aliphatic rings. The first-order chi connectivity index (χ1) is 13.0. The molecule has 2 aromatic carbocycles. The number of nitrogens with zero attached hydrogens (tertiary/aromatic N) is 2. The maximum Gasteiger partial charge on any atom is 0.254 e. The Bertz CT molecular complexity index is 877. The molecule has 0 radical (unpaired) electrons. The van der Waals surface area contributed by atoms with Crippen molar-refractivity contribution in [3.63, 3.8) is 0 Å². The van der Waals surface area contributed by atoms with E-state index in [9.17, 15) is 4.79 Å². The summed E-state index contributed by atoms with van der Waals surface area (Å²) in [7, 11) is 1.44. The molecule has 27 heavy (non-hydrogen) atoms. The number of rotatable bonds is 4. The zero-order chi connectivity index (χ0) is 19.4. The fourth-order valence-corrected chi connectivity index (χ4v) is 3.30. The molecule has 1 aliphatic heterocycles. The highest BCUT2D eigenvalue weighted by atomic mass is 16.6. The van der Waals surface area contributed by atoms with Gasteiger partial charge in [-0.1, -0.05) is 41.6 Å². The van der Waals surface area contributed by atoms with Crippen molar-refractivity contribution in [3.05, 3.63) is 59.7 Å². The van der Waals surface area contributed by atoms with Gasteiger partial charge >= 0.3 is 0 Å². The molecule has 0 aromatic heterocycles. The van der Waals surface area contributed by atoms with Gasteiger partial charge in [-0.25, -0.2) is 0 Å². The molecule has 1 amide bonds. The third-order valence-electron chi connectivity index (χ3n) is 4.68. The van der Waals surface area contributed by atoms with Crippen molar-refractivity contribution < 1.29 is 14.8 Å². The van der Waals surface area contributed by atoms with E-state index in [4.69, 9.17) is 15.5 Å². The van der Waals surface area contributed by atoms with Gasteiger partial charge in [0.1, 0.15) is 12.9 Å². The molecule has 1 heterocycles. The van der Waals surface area contributed by atoms with Crippen LogP contribution in [0, 0.1) is 12.3 Å². The summed E-state index contributed by atoms with van der Waals surface area (Å²) in [5.41, 5.74) is 6.32. The Morgan fingerprint density at radius 3 is 2.59 bits per heavy atom. The number of hydrogen-bond acceptors (Lipinski definition) is 5. The normalized spacial score (nSPS) is 17.8. The Hall–Kier alpha value is -3.19. The Morgan fingerprint density at radius 1 is 1.26 bits per heavy atom. The van der Waals surface area contributed by atoms with Crippen molar-refractivity contribution in [2.24, 2.45) is 5.16 Å². The molecule has 0 bridgehead atoms. The molecule has 0 aliphatic carbocycles. The van der Waals surface area contributed by atoms with Gasteiger partial charge in [0, 0.05) is 12.0 Å². The van der Waals surface area contributed by atoms with E-state index in [1.807, 2.05) is 48.8 Å². The van der Waals surface area contributed by atoms with Gasteiger partial charge in [0.05, 0.1) is 18.3 Å². The van der Waals surface area contributed by atoms with Crippen LogP contribution in [0.2, 0.25) is 0 Å². The van der Waals surface area contributed by atoms with Gasteiger partial charge < -0.3 is 9.74 Å². The smallest absolute Gasteiger partial charge is 0.254 e. The number of hydroxylamine groups is 1. The van der Waals surface area contributed by atoms with E-state index in [0.29, 0.717) is 17.7 Å². The van der Waals surface area contributed by atoms with Gasteiger partial charge in [-0.05, 0) is 35.7 Å². The van der Waals surface area contributed by atoms with E-state index in [1.165, 1.54) is 17.6 Å². The number of amides is 1. The van der Waals surface area contributed by atoms with Crippen LogP contribution in [0.3, 0.4) is 0 Å². The molecular formula is C20H22N4O3. The number of carbonyl (C=O) groups is 1. The fraction of sp³-hybridized carbons (Fsp3) is 0.250. The van der Waals surface area contributed by atoms with Crippen molar-refractivity contribution in [2.45, 2.75) is 19.4 Å². The van der Waals surface area contributed by atoms with Gasteiger partial charge in [-0.15, -0.1) is 0 Å². The van der Waals surface area contributed by atoms with E-state index < -0.39 is 6.04 Å². The molecule has 1 fully saturated rings. The second-order valence-corrected chi connectivity index (χ2v) is 6.41. The molecule has 140 valence electrons. The topological polar surface area (TPSA) is 98.0 Å². The first kappa shape index (κ1) is 18.6. The Morgan fingerprint density at radius 2 is 1.96 bits per heavy atom. The summed E-state index contributed by atoms with van der Waals surface area (Å²) in [6.07, 6.45) is 0.341. The van der Waals surface area contributed by atoms with Crippen LogP contribution >= 0.6 is 0 Å². The summed E-state index contributed by atoms with van der Waals surface area (Å²) in [5, 5.41) is 20.8. The number of aryl methyl sites for hydroxylation is 1. The van der Waals surface area contributed by atoms with E-state index in [0.717, 1.165) is 11.1 Å². The first-order valence-corrected chi connectivity index (χ1v) is 8.59. The van der Waals surface area contributed by atoms with Crippen LogP contribution in [0.5, 0.6) is 0 Å². The predicted molar refractivity (Wildman–Crippen MR) is 103 cm³/mol. The van der Waals surface area contributed by atoms with Crippen LogP contribution in [-0.2, 0) is 4.84 Å². The van der Waals surface area contributed by atoms with Crippen LogP contribution < -0.4 is 5.48 Å². The van der Waals surface area contributed by atoms with Gasteiger partial charge in [0.25, 0.3) is 5.91 Å². The number of oxime groups is 1. The SMILES string of the molecule is CO/N=C1\C[C@@H](C(=N)NO)N(C(=O)c2ccc(-c3ccccc3C)cc2)C1. The summed E-state index contributed by atoms with van der Waals surface area (Å²) in [5.74, 6) is -0.376. The molecule has 0 spiro atoms. The maximum absolute atomic E-state index is 13.0. The molecule has 7 heteroatoms. The monoisotopic (exact) mass is 366 g/mol. The Balaban J connectivity index is 1.85. The zero-order valence-corrected chi connectivity index (χ0v) is 15.3. The van der Waals surface area contributed by atoms with Crippen LogP contribution in [0.25, 0.3) is 11.1 Å². The Labute approximate surface area is 157 Å². The number of nitrogens with one attached hydrogen (secondary N) is 2. The number of amidine groups is 1. The summed E-state index contributed by atoms with van der Waals surface area (Å²) in [6.45, 7) is 2.30. The molecular weight excluding hydrogens is 344 g/mol. The highest BCUT2D eigenvalue weighted by Gasteiger charge is 2.36. The standard InChI is InChI=1S/C20H22N4O3/c1-13-5-3-4-6-17(13)14-7-9-15(10-8-14)20(25)24-12-16(23-27-2)11-18(24)19(21)22-26/h3-10,18,26H,11-12H2,1-2H3,(H2,21,22)/b23-16+/t18-/m0/s1. The van der Waals surface area contributed by atoms with Crippen molar-refractivity contribution in [3.8, 4) is 11.1 Å². The molecule has 0 saturated carbocycles. The number of benzene rings is 2. The molecule has 7 nitrogen and oxygen atoms in total. The van der Waals surface area contributed by atoms with Gasteiger partial charge in [-0.3, -0.25) is 20.9 Å². The summed E-state index contributed by atoms with van der Waals surface area (Å²) in [6, 6.07) is 14.9. The van der Waals surface area contributed by atoms with Crippen LogP contribution in [0.1, 0.15) is 22.3 Å². The second-order valence-electron chi connectivity index (χ2n) is 6.41. The largest absolute Gasteiger partial charge is 0.399 e. The van der Waals surface area contributed by atoms with E-state index in [-0.39, 0.29) is 18.3 Å². The van der Waals surface area contributed by atoms with Crippen molar-refractivity contribution in [1.29, 1.82) is 5.41 Å². The predicted octanol–water partition coefficient (Wildman–Crippen LogP) is 2.83. The second kappa shape index (κ2) is 8.01. The number of likely N-dealkylation sites (tertiary alicyclic amines) is 1. The quantitative estimate of drug-likeness (QED) is 0.440. The average Bonchev–Trinajstić information content (AvgIpc) is 3.11. The highest BCUT2D eigenvalue weighted by Crippen LogP contribution is 2.25. The van der Waals surface area contributed by atoms with E-state index >= 15 is 0 Å². The van der Waals surface area contributed by atoms with Crippen LogP contribution in [0.4, 0.5) is 0 Å². The van der Waals surface area contributed by atoms with Crippen LogP contribution in [0.15, 0.2) is 53.7 Å². The zero-order valence-electron chi connectivity index (χ0n) is 15.3. The minimum atomic E-state index is -0.604. The van der Waals surface area contributed by atoms with E-state index in [1.54, 1.807) is 12.1 Å². The lowest BCUT2D eigenvalue weighted by Gasteiger charge is -2.24. The lowest BCUT2D eigenvalue weighted by atomic mass is 9.99. The molecule has 0 unspecified atom stereocenters. The van der Waals surface area contributed by atoms with Crippen LogP contribution in [-0.4, -0.2) is 47.3 Å². The summed E-state index contributed by atoms with van der Waals surface area (Å²) >= 11 is 0. The molecule has 2 aromatic rings. The molecule has 3 N–H and O–H groups in total. The molecule has 1 atom stereocenters. The highest BCUT2D eigenvalue weighted by molar-refractivity contribution is 6.05. The number of hydrogen-bond donors (Lipinski definition) is 3. The molecule has 3 rings (SSSR count). The lowest BCUT2D eigenvalue weighted by Crippen LogP contribution is -2.44. The minimum Gasteiger partial charge on any atom is -0.399 e.